The number of thiazole rings is 1. The van der Waals surface area contributed by atoms with Gasteiger partial charge in [0.2, 0.25) is 5.95 Å². The second-order valence-electron chi connectivity index (χ2n) is 9.97. The van der Waals surface area contributed by atoms with Gasteiger partial charge in [0, 0.05) is 17.3 Å². The lowest BCUT2D eigenvalue weighted by Crippen LogP contribution is -2.60. The first-order valence-electron chi connectivity index (χ1n) is 13.3. The molecule has 4 aromatic rings. The summed E-state index contributed by atoms with van der Waals surface area (Å²) in [5, 5.41) is 39.6. The number of benzene rings is 2. The molecule has 5 rings (SSSR count). The second kappa shape index (κ2) is 13.3. The molecule has 248 valence electrons. The number of sulfonamides is 1. The van der Waals surface area contributed by atoms with E-state index in [1.165, 1.54) is 24.4 Å². The summed E-state index contributed by atoms with van der Waals surface area (Å²) in [6.07, 6.45) is -7.96. The van der Waals surface area contributed by atoms with Crippen molar-refractivity contribution in [3.63, 3.8) is 0 Å². The fourth-order valence-electron chi connectivity index (χ4n) is 4.49. The van der Waals surface area contributed by atoms with E-state index in [0.29, 0.717) is 0 Å². The van der Waals surface area contributed by atoms with Crippen LogP contribution in [0.3, 0.4) is 0 Å². The van der Waals surface area contributed by atoms with Crippen molar-refractivity contribution in [3.8, 4) is 21.8 Å². The number of halogens is 3. The van der Waals surface area contributed by atoms with Crippen LogP contribution in [0.15, 0.2) is 60.1 Å². The Kier molecular flexibility index (Phi) is 9.59. The van der Waals surface area contributed by atoms with Crippen LogP contribution in [0.2, 0.25) is 0 Å². The summed E-state index contributed by atoms with van der Waals surface area (Å²) in [6.45, 7) is 3.40. The van der Waals surface area contributed by atoms with Gasteiger partial charge in [0.1, 0.15) is 35.0 Å². The van der Waals surface area contributed by atoms with E-state index in [4.69, 9.17) is 15.2 Å². The fourth-order valence-corrected chi connectivity index (χ4v) is 6.69. The van der Waals surface area contributed by atoms with Crippen LogP contribution in [-0.2, 0) is 24.3 Å². The molecule has 1 aliphatic heterocycles. The minimum absolute atomic E-state index is 0.0849. The molecule has 3 heterocycles. The van der Waals surface area contributed by atoms with Gasteiger partial charge in [-0.1, -0.05) is 18.7 Å². The number of hydrogen-bond acceptors (Lipinski definition) is 13. The number of aliphatic carboxylic acids is 1. The molecule has 1 fully saturated rings. The van der Waals surface area contributed by atoms with E-state index in [1.54, 1.807) is 0 Å². The van der Waals surface area contributed by atoms with Crippen LogP contribution in [0.25, 0.3) is 27.4 Å². The largest absolute Gasteiger partial charge is 0.479 e. The van der Waals surface area contributed by atoms with E-state index < -0.39 is 81.3 Å². The Bertz CT molecular complexity index is 1940. The van der Waals surface area contributed by atoms with Gasteiger partial charge < -0.3 is 35.6 Å². The van der Waals surface area contributed by atoms with Crippen molar-refractivity contribution >= 4 is 44.5 Å². The Morgan fingerprint density at radius 1 is 1.04 bits per heavy atom. The van der Waals surface area contributed by atoms with Gasteiger partial charge in [0.25, 0.3) is 10.0 Å². The number of carbonyl (C=O) groups is 1. The zero-order valence-electron chi connectivity index (χ0n) is 23.6. The topological polar surface area (TPSA) is 227 Å². The van der Waals surface area contributed by atoms with Crippen molar-refractivity contribution < 1.29 is 56.3 Å². The monoisotopic (exact) mass is 695 g/mol. The van der Waals surface area contributed by atoms with E-state index in [0.717, 1.165) is 35.6 Å². The summed E-state index contributed by atoms with van der Waals surface area (Å²) in [7, 11) is -4.94. The van der Waals surface area contributed by atoms with Crippen molar-refractivity contribution in [2.24, 2.45) is 0 Å². The van der Waals surface area contributed by atoms with Gasteiger partial charge in [0.05, 0.1) is 28.6 Å². The van der Waals surface area contributed by atoms with Crippen molar-refractivity contribution in [1.82, 2.24) is 15.0 Å². The number of nitrogens with zero attached hydrogens (tertiary/aromatic N) is 3. The number of aliphatic hydroxyl groups excluding tert-OH is 3. The average molecular weight is 696 g/mol. The third-order valence-corrected chi connectivity index (χ3v) is 9.35. The Labute approximate surface area is 267 Å². The Hall–Kier alpha value is -4.50. The minimum Gasteiger partial charge on any atom is -0.479 e. The minimum atomic E-state index is -4.94. The summed E-state index contributed by atoms with van der Waals surface area (Å²) < 4.78 is 82.7. The number of aromatic nitrogens is 3. The molecule has 0 spiro atoms. The van der Waals surface area contributed by atoms with Crippen LogP contribution >= 0.6 is 11.3 Å². The summed E-state index contributed by atoms with van der Waals surface area (Å²) in [5.74, 6) is -5.70. The van der Waals surface area contributed by atoms with Crippen molar-refractivity contribution in [1.29, 1.82) is 0 Å². The molecule has 0 radical (unpaired) electrons. The zero-order valence-corrected chi connectivity index (χ0v) is 25.3. The van der Waals surface area contributed by atoms with Gasteiger partial charge >= 0.3 is 5.97 Å². The lowest BCUT2D eigenvalue weighted by molar-refractivity contribution is -0.290. The number of nitrogens with one attached hydrogen (secondary N) is 1. The molecule has 19 heteroatoms. The number of hydrogen-bond donors (Lipinski definition) is 6. The molecule has 5 atom stereocenters. The number of anilines is 2. The van der Waals surface area contributed by atoms with E-state index in [-0.39, 0.29) is 38.4 Å². The van der Waals surface area contributed by atoms with Gasteiger partial charge in [0.15, 0.2) is 23.1 Å². The number of rotatable bonds is 10. The molecule has 1 aliphatic rings. The Balaban J connectivity index is 1.49. The van der Waals surface area contributed by atoms with E-state index in [2.05, 4.69) is 21.5 Å². The molecule has 0 bridgehead atoms. The number of ether oxygens (including phenoxy) is 2. The molecule has 0 aliphatic carbocycles. The SMILES string of the molecule is C=C(CO[C@@H]1O[C@H](C(=O)O)[C@@H](O)[C@H](O)[C@H]1O)c1nc(-c2cccc(NS(=O)(=O)c3c(F)cccc3F)c2F)c(-c2ccnc(N)n2)s1. The standard InChI is InChI=1S/C28H24F3N5O9S2/c1-11(10-44-27-21(39)19(37)20(38)22(45-27)26(40)41)25-35-18(23(46-25)16-8-9-33-28(32)34-16)12-4-2-7-15(17(12)31)36-47(42,43)24-13(29)5-3-6-14(24)30/h2-9,19-22,27,36-39H,1,10H2,(H,40,41)(H2,32,33,34)/t19-,20-,21+,22-,27+/m0/s1. The third kappa shape index (κ3) is 6.81. The lowest BCUT2D eigenvalue weighted by atomic mass is 9.99. The average Bonchev–Trinajstić information content (AvgIpc) is 3.45. The molecule has 0 saturated carbocycles. The number of carboxylic acids is 1. The van der Waals surface area contributed by atoms with Gasteiger partial charge in [-0.05, 0) is 30.3 Å². The van der Waals surface area contributed by atoms with Crippen LogP contribution in [0.5, 0.6) is 0 Å². The number of aliphatic hydroxyl groups is 3. The number of nitrogen functional groups attached to an aromatic ring is 1. The first kappa shape index (κ1) is 33.9. The second-order valence-corrected chi connectivity index (χ2v) is 12.6. The van der Waals surface area contributed by atoms with Gasteiger partial charge in [-0.25, -0.2) is 41.3 Å². The van der Waals surface area contributed by atoms with Crippen molar-refractivity contribution in [2.45, 2.75) is 35.6 Å². The molecular formula is C28H24F3N5O9S2. The third-order valence-electron chi connectivity index (χ3n) is 6.76. The smallest absolute Gasteiger partial charge is 0.335 e. The highest BCUT2D eigenvalue weighted by molar-refractivity contribution is 7.92. The first-order chi connectivity index (χ1) is 22.2. The van der Waals surface area contributed by atoms with Crippen LogP contribution in [0, 0.1) is 17.5 Å². The fraction of sp³-hybridized carbons (Fsp3) is 0.214. The summed E-state index contributed by atoms with van der Waals surface area (Å²) in [4.78, 5) is 22.7. The predicted molar refractivity (Wildman–Crippen MR) is 159 cm³/mol. The lowest BCUT2D eigenvalue weighted by Gasteiger charge is -2.38. The maximum Gasteiger partial charge on any atom is 0.335 e. The highest BCUT2D eigenvalue weighted by Crippen LogP contribution is 2.41. The van der Waals surface area contributed by atoms with Crippen molar-refractivity contribution in [3.05, 3.63) is 77.7 Å². The van der Waals surface area contributed by atoms with Crippen LogP contribution < -0.4 is 10.5 Å². The van der Waals surface area contributed by atoms with Crippen LogP contribution in [-0.4, -0.2) is 87.1 Å². The number of nitrogens with two attached hydrogens (primary N) is 1. The Morgan fingerprint density at radius 2 is 1.72 bits per heavy atom. The quantitative estimate of drug-likeness (QED) is 0.140. The summed E-state index contributed by atoms with van der Waals surface area (Å²) in [6, 6.07) is 7.42. The molecule has 2 aromatic carbocycles. The van der Waals surface area contributed by atoms with Gasteiger partial charge in [-0.3, -0.25) is 4.72 Å². The molecule has 1 saturated heterocycles. The first-order valence-corrected chi connectivity index (χ1v) is 15.6. The molecule has 2 aromatic heterocycles. The number of carboxylic acid groups (broad SMARTS) is 1. The molecule has 47 heavy (non-hydrogen) atoms. The van der Waals surface area contributed by atoms with E-state index >= 15 is 4.39 Å². The molecule has 0 amide bonds. The van der Waals surface area contributed by atoms with Crippen molar-refractivity contribution in [2.75, 3.05) is 17.1 Å². The predicted octanol–water partition coefficient (Wildman–Crippen LogP) is 1.99. The summed E-state index contributed by atoms with van der Waals surface area (Å²) in [5.41, 5.74) is 5.01. The molecule has 7 N–H and O–H groups in total. The molecule has 0 unspecified atom stereocenters. The molecule has 14 nitrogen and oxygen atoms in total. The van der Waals surface area contributed by atoms with Crippen LogP contribution in [0.1, 0.15) is 5.01 Å². The summed E-state index contributed by atoms with van der Waals surface area (Å²) >= 11 is 0.919. The maximum absolute atomic E-state index is 16.0. The van der Waals surface area contributed by atoms with E-state index in [9.17, 15) is 42.4 Å². The normalized spacial score (nSPS) is 21.4. The van der Waals surface area contributed by atoms with Gasteiger partial charge in [-0.2, -0.15) is 0 Å². The van der Waals surface area contributed by atoms with E-state index in [1.807, 2.05) is 4.72 Å². The highest BCUT2D eigenvalue weighted by atomic mass is 32.2. The van der Waals surface area contributed by atoms with Gasteiger partial charge in [-0.15, -0.1) is 11.3 Å². The molecular weight excluding hydrogens is 671 g/mol. The maximum atomic E-state index is 16.0. The Morgan fingerprint density at radius 3 is 2.38 bits per heavy atom. The zero-order chi connectivity index (χ0) is 34.2. The van der Waals surface area contributed by atoms with Crippen LogP contribution in [0.4, 0.5) is 24.8 Å². The highest BCUT2D eigenvalue weighted by Gasteiger charge is 2.47.